The lowest BCUT2D eigenvalue weighted by Gasteiger charge is -2.39. The number of rotatable bonds is 4. The monoisotopic (exact) mass is 347 g/mol. The summed E-state index contributed by atoms with van der Waals surface area (Å²) in [5.41, 5.74) is 1.08. The zero-order valence-electron chi connectivity index (χ0n) is 14.3. The molecule has 1 aromatic heterocycles. The molecule has 24 heavy (non-hydrogen) atoms. The Hall–Kier alpha value is -1.57. The molecule has 136 valence electrons. The molecule has 0 bridgehead atoms. The predicted molar refractivity (Wildman–Crippen MR) is 82.5 cm³/mol. The summed E-state index contributed by atoms with van der Waals surface area (Å²) in [6, 6.07) is 0. The third-order valence-electron chi connectivity index (χ3n) is 4.70. The number of aliphatic hydroxyl groups is 1. The van der Waals surface area contributed by atoms with Gasteiger partial charge in [0.05, 0.1) is 18.7 Å². The second-order valence-corrected chi connectivity index (χ2v) is 6.99. The van der Waals surface area contributed by atoms with E-state index in [4.69, 9.17) is 0 Å². The maximum atomic E-state index is 12.6. The first kappa shape index (κ1) is 18.8. The molecule has 0 saturated carbocycles. The molecular formula is C16H24F3N3O2. The van der Waals surface area contributed by atoms with Crippen LogP contribution in [0.15, 0.2) is 0 Å². The molecular weight excluding hydrogens is 323 g/mol. The summed E-state index contributed by atoms with van der Waals surface area (Å²) in [6.45, 7) is 5.06. The molecule has 2 rings (SSSR count). The molecule has 1 unspecified atom stereocenters. The number of hydrogen-bond acceptors (Lipinski definition) is 3. The van der Waals surface area contributed by atoms with Gasteiger partial charge in [-0.2, -0.15) is 18.3 Å². The van der Waals surface area contributed by atoms with Crippen molar-refractivity contribution in [1.82, 2.24) is 14.7 Å². The Kier molecular flexibility index (Phi) is 5.27. The van der Waals surface area contributed by atoms with E-state index in [9.17, 15) is 23.1 Å². The fraction of sp³-hybridized carbons (Fsp3) is 0.750. The third kappa shape index (κ3) is 4.28. The lowest BCUT2D eigenvalue weighted by Crippen LogP contribution is -2.47. The van der Waals surface area contributed by atoms with Gasteiger partial charge < -0.3 is 10.0 Å². The van der Waals surface area contributed by atoms with Crippen molar-refractivity contribution in [2.24, 2.45) is 5.41 Å². The van der Waals surface area contributed by atoms with E-state index in [0.29, 0.717) is 30.0 Å². The van der Waals surface area contributed by atoms with Gasteiger partial charge in [-0.05, 0) is 26.7 Å². The van der Waals surface area contributed by atoms with Crippen LogP contribution < -0.4 is 0 Å². The van der Waals surface area contributed by atoms with Crippen LogP contribution in [0, 0.1) is 19.3 Å². The first-order valence-electron chi connectivity index (χ1n) is 8.03. The Morgan fingerprint density at radius 1 is 1.38 bits per heavy atom. The van der Waals surface area contributed by atoms with E-state index in [1.165, 1.54) is 0 Å². The normalized spacial score (nSPS) is 22.0. The molecule has 1 saturated heterocycles. The maximum Gasteiger partial charge on any atom is 0.408 e. The maximum absolute atomic E-state index is 12.6. The Bertz CT molecular complexity index is 612. The molecule has 0 spiro atoms. The van der Waals surface area contributed by atoms with Crippen LogP contribution in [0.1, 0.15) is 36.7 Å². The van der Waals surface area contributed by atoms with Crippen LogP contribution in [0.25, 0.3) is 0 Å². The molecule has 2 heterocycles. The molecule has 1 atom stereocenters. The van der Waals surface area contributed by atoms with Crippen LogP contribution in [-0.2, 0) is 17.8 Å². The summed E-state index contributed by atoms with van der Waals surface area (Å²) in [6.07, 6.45) is -2.64. The number of carbonyl (C=O) groups excluding carboxylic acids is 1. The van der Waals surface area contributed by atoms with Crippen LogP contribution in [0.4, 0.5) is 13.2 Å². The molecule has 8 heteroatoms. The van der Waals surface area contributed by atoms with Gasteiger partial charge >= 0.3 is 6.18 Å². The van der Waals surface area contributed by atoms with Crippen molar-refractivity contribution >= 4 is 5.91 Å². The van der Waals surface area contributed by atoms with Gasteiger partial charge in [0.2, 0.25) is 5.91 Å². The van der Waals surface area contributed by atoms with E-state index in [-0.39, 0.29) is 24.3 Å². The second kappa shape index (κ2) is 6.74. The summed E-state index contributed by atoms with van der Waals surface area (Å²) >= 11 is 0. The molecule has 0 radical (unpaired) electrons. The zero-order chi connectivity index (χ0) is 18.1. The Balaban J connectivity index is 2.12. The third-order valence-corrected chi connectivity index (χ3v) is 4.70. The van der Waals surface area contributed by atoms with Crippen molar-refractivity contribution in [2.45, 2.75) is 52.8 Å². The summed E-state index contributed by atoms with van der Waals surface area (Å²) in [5, 5.41) is 13.4. The van der Waals surface area contributed by atoms with Crippen molar-refractivity contribution < 1.29 is 23.1 Å². The highest BCUT2D eigenvalue weighted by Gasteiger charge is 2.34. The van der Waals surface area contributed by atoms with Gasteiger partial charge in [-0.25, -0.2) is 0 Å². The molecule has 1 fully saturated rings. The lowest BCUT2D eigenvalue weighted by molar-refractivity contribution is -0.143. The van der Waals surface area contributed by atoms with Crippen molar-refractivity contribution in [1.29, 1.82) is 0 Å². The largest absolute Gasteiger partial charge is 0.408 e. The standard InChI is InChI=1S/C16H24F3N3O2/c1-11-13(12(2)22(20-11)9-16(17,18)19)7-14(24)21-6-4-5-15(3,8-21)10-23/h23H,4-10H2,1-3H3. The van der Waals surface area contributed by atoms with Crippen molar-refractivity contribution in [2.75, 3.05) is 19.7 Å². The predicted octanol–water partition coefficient (Wildman–Crippen LogP) is 2.23. The smallest absolute Gasteiger partial charge is 0.396 e. The van der Waals surface area contributed by atoms with E-state index in [2.05, 4.69) is 5.10 Å². The van der Waals surface area contributed by atoms with E-state index >= 15 is 0 Å². The van der Waals surface area contributed by atoms with Gasteiger partial charge in [-0.1, -0.05) is 6.92 Å². The molecule has 1 aliphatic heterocycles. The first-order chi connectivity index (χ1) is 11.0. The SMILES string of the molecule is Cc1nn(CC(F)(F)F)c(C)c1CC(=O)N1CCCC(C)(CO)C1. The zero-order valence-corrected chi connectivity index (χ0v) is 14.3. The number of aromatic nitrogens is 2. The number of nitrogens with zero attached hydrogens (tertiary/aromatic N) is 3. The lowest BCUT2D eigenvalue weighted by atomic mass is 9.82. The number of halogens is 3. The molecule has 1 N–H and O–H groups in total. The number of aliphatic hydroxyl groups excluding tert-OH is 1. The van der Waals surface area contributed by atoms with Crippen LogP contribution in [0.2, 0.25) is 0 Å². The van der Waals surface area contributed by atoms with Crippen LogP contribution in [0.5, 0.6) is 0 Å². The first-order valence-corrected chi connectivity index (χ1v) is 8.03. The molecule has 1 aliphatic rings. The minimum absolute atomic E-state index is 0.0123. The number of likely N-dealkylation sites (tertiary alicyclic amines) is 1. The average Bonchev–Trinajstić information content (AvgIpc) is 2.73. The van der Waals surface area contributed by atoms with Crippen LogP contribution >= 0.6 is 0 Å². The number of piperidine rings is 1. The number of alkyl halides is 3. The number of amides is 1. The van der Waals surface area contributed by atoms with Gasteiger partial charge in [0.15, 0.2) is 0 Å². The average molecular weight is 347 g/mol. The van der Waals surface area contributed by atoms with E-state index in [1.807, 2.05) is 6.92 Å². The highest BCUT2D eigenvalue weighted by Crippen LogP contribution is 2.29. The van der Waals surface area contributed by atoms with Gasteiger partial charge in [-0.15, -0.1) is 0 Å². The van der Waals surface area contributed by atoms with Crippen LogP contribution in [-0.4, -0.2) is 51.6 Å². The van der Waals surface area contributed by atoms with E-state index in [0.717, 1.165) is 17.5 Å². The van der Waals surface area contributed by atoms with Gasteiger partial charge in [0, 0.05) is 29.8 Å². The minimum Gasteiger partial charge on any atom is -0.396 e. The Labute approximate surface area is 139 Å². The van der Waals surface area contributed by atoms with Crippen molar-refractivity contribution in [3.63, 3.8) is 0 Å². The van der Waals surface area contributed by atoms with E-state index < -0.39 is 12.7 Å². The summed E-state index contributed by atoms with van der Waals surface area (Å²) in [5.74, 6) is -0.132. The molecule has 1 amide bonds. The van der Waals surface area contributed by atoms with Gasteiger partial charge in [-0.3, -0.25) is 9.48 Å². The summed E-state index contributed by atoms with van der Waals surface area (Å²) in [4.78, 5) is 14.2. The number of carbonyl (C=O) groups is 1. The summed E-state index contributed by atoms with van der Waals surface area (Å²) in [7, 11) is 0. The molecule has 0 aromatic carbocycles. The fourth-order valence-electron chi connectivity index (χ4n) is 3.23. The van der Waals surface area contributed by atoms with Gasteiger partial charge in [0.1, 0.15) is 6.54 Å². The van der Waals surface area contributed by atoms with E-state index in [1.54, 1.807) is 18.7 Å². The summed E-state index contributed by atoms with van der Waals surface area (Å²) < 4.78 is 38.6. The number of aryl methyl sites for hydroxylation is 1. The fourth-order valence-corrected chi connectivity index (χ4v) is 3.23. The molecule has 1 aromatic rings. The molecule has 0 aliphatic carbocycles. The highest BCUT2D eigenvalue weighted by molar-refractivity contribution is 5.79. The Morgan fingerprint density at radius 3 is 2.62 bits per heavy atom. The van der Waals surface area contributed by atoms with Crippen molar-refractivity contribution in [3.8, 4) is 0 Å². The second-order valence-electron chi connectivity index (χ2n) is 6.99. The Morgan fingerprint density at radius 2 is 2.04 bits per heavy atom. The minimum atomic E-state index is -4.35. The molecule has 5 nitrogen and oxygen atoms in total. The highest BCUT2D eigenvalue weighted by atomic mass is 19.4. The van der Waals surface area contributed by atoms with Crippen molar-refractivity contribution in [3.05, 3.63) is 17.0 Å². The quantitative estimate of drug-likeness (QED) is 0.909. The van der Waals surface area contributed by atoms with Crippen LogP contribution in [0.3, 0.4) is 0 Å². The number of hydrogen-bond donors (Lipinski definition) is 1. The van der Waals surface area contributed by atoms with Gasteiger partial charge in [0.25, 0.3) is 0 Å². The topological polar surface area (TPSA) is 58.4 Å².